The number of aryl methyl sites for hydroxylation is 2. The van der Waals surface area contributed by atoms with E-state index in [4.69, 9.17) is 0 Å². The Hall–Kier alpha value is -2.10. The van der Waals surface area contributed by atoms with Crippen LogP contribution >= 0.6 is 0 Å². The molecule has 0 N–H and O–H groups in total. The lowest BCUT2D eigenvalue weighted by atomic mass is 10.0. The van der Waals surface area contributed by atoms with Gasteiger partial charge in [0.15, 0.2) is 0 Å². The molecule has 0 aromatic carbocycles. The van der Waals surface area contributed by atoms with E-state index in [1.807, 2.05) is 35.6 Å². The maximum atomic E-state index is 3.24. The minimum atomic E-state index is 0.449. The zero-order valence-corrected chi connectivity index (χ0v) is 11.3. The van der Waals surface area contributed by atoms with Gasteiger partial charge in [-0.15, -0.1) is 0 Å². The number of allylic oxidation sites excluding steroid dienone is 4. The Balaban J connectivity index is 1.69. The van der Waals surface area contributed by atoms with Crippen molar-refractivity contribution in [3.05, 3.63) is 61.2 Å². The van der Waals surface area contributed by atoms with Crippen molar-refractivity contribution in [1.29, 1.82) is 0 Å². The van der Waals surface area contributed by atoms with Crippen molar-refractivity contribution in [3.8, 4) is 0 Å². The van der Waals surface area contributed by atoms with E-state index in [1.165, 1.54) is 5.57 Å². The first-order valence-electron chi connectivity index (χ1n) is 6.46. The second-order valence-corrected chi connectivity index (χ2v) is 5.03. The first kappa shape index (κ1) is 12.0. The van der Waals surface area contributed by atoms with Gasteiger partial charge < -0.3 is 18.3 Å². The van der Waals surface area contributed by atoms with E-state index in [2.05, 4.69) is 52.4 Å². The van der Waals surface area contributed by atoms with E-state index in [0.717, 1.165) is 13.1 Å². The van der Waals surface area contributed by atoms with Crippen molar-refractivity contribution in [1.82, 2.24) is 9.13 Å². The largest absolute Gasteiger partial charge is 0.354 e. The normalized spacial score (nSPS) is 18.0. The summed E-state index contributed by atoms with van der Waals surface area (Å²) in [6.45, 7) is 1.84. The van der Waals surface area contributed by atoms with Crippen molar-refractivity contribution < 1.29 is 9.13 Å². The molecule has 0 saturated carbocycles. The molecule has 0 fully saturated rings. The first-order valence-corrected chi connectivity index (χ1v) is 6.46. The molecular weight excluding hydrogens is 236 g/mol. The van der Waals surface area contributed by atoms with Gasteiger partial charge in [-0.05, 0) is 30.4 Å². The summed E-state index contributed by atoms with van der Waals surface area (Å²) in [5.41, 5.74) is 1.41. The van der Waals surface area contributed by atoms with E-state index in [1.54, 1.807) is 0 Å². The summed E-state index contributed by atoms with van der Waals surface area (Å²) in [5.74, 6) is 0.449. The van der Waals surface area contributed by atoms with Gasteiger partial charge in [-0.1, -0.05) is 18.2 Å². The molecule has 3 rings (SSSR count). The predicted molar refractivity (Wildman–Crippen MR) is 69.6 cm³/mol. The van der Waals surface area contributed by atoms with E-state index in [-0.39, 0.29) is 0 Å². The number of nitrogens with zero attached hydrogens (tertiary/aromatic N) is 4. The zero-order chi connectivity index (χ0) is 13.2. The third-order valence-electron chi connectivity index (χ3n) is 3.39. The van der Waals surface area contributed by atoms with Gasteiger partial charge in [-0.25, -0.2) is 0 Å². The number of hydrogen-bond acceptors (Lipinski definition) is 0. The summed E-state index contributed by atoms with van der Waals surface area (Å²) >= 11 is 0. The van der Waals surface area contributed by atoms with Crippen molar-refractivity contribution in [2.24, 2.45) is 20.0 Å². The molecule has 4 heteroatoms. The molecule has 0 amide bonds. The molecule has 2 aromatic heterocycles. The quantitative estimate of drug-likeness (QED) is 0.553. The first-order chi connectivity index (χ1) is 9.20. The van der Waals surface area contributed by atoms with Crippen LogP contribution in [-0.2, 0) is 27.2 Å². The van der Waals surface area contributed by atoms with Gasteiger partial charge >= 0.3 is 0 Å². The topological polar surface area (TPSA) is 17.6 Å². The molecule has 0 spiro atoms. The minimum Gasteiger partial charge on any atom is -0.354 e. The second kappa shape index (κ2) is 4.88. The zero-order valence-electron chi connectivity index (χ0n) is 11.3. The average molecular weight is 254 g/mol. The van der Waals surface area contributed by atoms with Crippen LogP contribution in [0.3, 0.4) is 0 Å². The van der Waals surface area contributed by atoms with Gasteiger partial charge in [-0.2, -0.15) is 0 Å². The molecule has 0 bridgehead atoms. The Morgan fingerprint density at radius 3 is 2.84 bits per heavy atom. The van der Waals surface area contributed by atoms with Crippen LogP contribution in [0.25, 0.3) is 0 Å². The van der Waals surface area contributed by atoms with Crippen molar-refractivity contribution >= 4 is 0 Å². The highest BCUT2D eigenvalue weighted by Crippen LogP contribution is 2.21. The number of hydrogen-bond donors (Lipinski definition) is 0. The molecule has 2 heterocycles. The third-order valence-corrected chi connectivity index (χ3v) is 3.39. The molecule has 0 aliphatic heterocycles. The smallest absolute Gasteiger partial charge is 0.203 e. The van der Waals surface area contributed by atoms with Gasteiger partial charge in [0.1, 0.15) is 0 Å². The van der Waals surface area contributed by atoms with Gasteiger partial charge in [0.25, 0.3) is 0 Å². The Bertz CT molecular complexity index is 630. The maximum Gasteiger partial charge on any atom is 0.203 e. The lowest BCUT2D eigenvalue weighted by Crippen LogP contribution is -2.34. The highest BCUT2D eigenvalue weighted by molar-refractivity contribution is 5.26. The van der Waals surface area contributed by atoms with Crippen LogP contribution in [-0.4, -0.2) is 9.13 Å². The Labute approximate surface area is 113 Å². The predicted octanol–water partition coefficient (Wildman–Crippen LogP) is 0.352. The monoisotopic (exact) mass is 254 g/mol. The summed E-state index contributed by atoms with van der Waals surface area (Å²) in [5, 5.41) is 0. The lowest BCUT2D eigenvalue weighted by Gasteiger charge is -2.13. The van der Waals surface area contributed by atoms with E-state index >= 15 is 0 Å². The molecule has 0 radical (unpaired) electrons. The van der Waals surface area contributed by atoms with Crippen LogP contribution in [0, 0.1) is 18.6 Å². The van der Waals surface area contributed by atoms with Gasteiger partial charge in [0.05, 0.1) is 27.2 Å². The van der Waals surface area contributed by atoms with Crippen molar-refractivity contribution in [2.45, 2.75) is 13.1 Å². The summed E-state index contributed by atoms with van der Waals surface area (Å²) in [6, 6.07) is 0. The fourth-order valence-electron chi connectivity index (χ4n) is 2.41. The van der Waals surface area contributed by atoms with Gasteiger partial charge in [0.2, 0.25) is 12.7 Å². The third kappa shape index (κ3) is 2.67. The summed E-state index contributed by atoms with van der Waals surface area (Å²) in [4.78, 5) is 0. The summed E-state index contributed by atoms with van der Waals surface area (Å²) < 4.78 is 8.08. The van der Waals surface area contributed by atoms with Crippen molar-refractivity contribution in [3.63, 3.8) is 0 Å². The van der Waals surface area contributed by atoms with Gasteiger partial charge in [0, 0.05) is 5.92 Å². The number of imidazole rings is 2. The fourth-order valence-corrected chi connectivity index (χ4v) is 2.41. The lowest BCUT2D eigenvalue weighted by molar-refractivity contribution is -0.693. The summed E-state index contributed by atoms with van der Waals surface area (Å²) in [7, 11) is 3.98. The molecule has 1 aliphatic carbocycles. The van der Waals surface area contributed by atoms with Crippen LogP contribution in [0.2, 0.25) is 0 Å². The van der Waals surface area contributed by atoms with Crippen LogP contribution in [0.5, 0.6) is 0 Å². The number of rotatable bonds is 4. The molecule has 98 valence electrons. The van der Waals surface area contributed by atoms with Crippen LogP contribution < -0.4 is 9.13 Å². The molecule has 0 saturated heterocycles. The van der Waals surface area contributed by atoms with Gasteiger partial charge in [-0.3, -0.25) is 0 Å². The highest BCUT2D eigenvalue weighted by atomic mass is 15.1. The SMILES string of the molecule is Cn1[c-][n+](CC2=CC=CC2Cn2[c-][n+](C)cc2)cc1. The van der Waals surface area contributed by atoms with Crippen LogP contribution in [0.15, 0.2) is 48.6 Å². The molecule has 1 atom stereocenters. The fraction of sp³-hybridized carbons (Fsp3) is 0.333. The number of aromatic nitrogens is 4. The molecular formula is C15H18N4. The van der Waals surface area contributed by atoms with Crippen LogP contribution in [0.4, 0.5) is 0 Å². The molecule has 1 unspecified atom stereocenters. The Kier molecular flexibility index (Phi) is 3.07. The van der Waals surface area contributed by atoms with E-state index < -0.39 is 0 Å². The van der Waals surface area contributed by atoms with Crippen LogP contribution in [0.1, 0.15) is 0 Å². The standard InChI is InChI=1S/C15H18N4/c1-16-6-8-18(12-16)10-14-4-3-5-15(14)11-19-9-7-17(2)13-19/h3-9,14H,10-11H2,1-2H3. The molecule has 4 nitrogen and oxygen atoms in total. The highest BCUT2D eigenvalue weighted by Gasteiger charge is 2.17. The summed E-state index contributed by atoms with van der Waals surface area (Å²) in [6.07, 6.45) is 21.2. The van der Waals surface area contributed by atoms with Crippen molar-refractivity contribution in [2.75, 3.05) is 0 Å². The maximum absolute atomic E-state index is 3.24. The van der Waals surface area contributed by atoms with E-state index in [0.29, 0.717) is 5.92 Å². The Morgan fingerprint density at radius 1 is 1.26 bits per heavy atom. The molecule has 1 aliphatic rings. The van der Waals surface area contributed by atoms with E-state index in [9.17, 15) is 0 Å². The second-order valence-electron chi connectivity index (χ2n) is 5.03. The Morgan fingerprint density at radius 2 is 2.16 bits per heavy atom. The molecule has 2 aromatic rings. The minimum absolute atomic E-state index is 0.449. The molecule has 19 heavy (non-hydrogen) atoms. The average Bonchev–Trinajstić information content (AvgIpc) is 3.06.